The van der Waals surface area contributed by atoms with Gasteiger partial charge in [-0.3, -0.25) is 19.8 Å². The molecular formula is C28H18FN3O3S2. The first kappa shape index (κ1) is 24.2. The highest BCUT2D eigenvalue weighted by atomic mass is 32.1. The average Bonchev–Trinajstić information content (AvgIpc) is 2.89. The van der Waals surface area contributed by atoms with E-state index in [1.807, 2.05) is 30.3 Å². The fraction of sp³-hybridized carbons (Fsp3) is 0. The summed E-state index contributed by atoms with van der Waals surface area (Å²) in [4.78, 5) is 27.4. The molecule has 9 heteroatoms. The number of carbonyl (C=O) groups is 2. The number of halogens is 1. The molecule has 37 heavy (non-hydrogen) atoms. The Morgan fingerprint density at radius 3 is 2.14 bits per heavy atom. The van der Waals surface area contributed by atoms with Crippen molar-refractivity contribution in [1.82, 2.24) is 9.88 Å². The molecule has 4 aromatic rings. The second kappa shape index (κ2) is 10.3. The molecule has 0 radical (unpaired) electrons. The van der Waals surface area contributed by atoms with Gasteiger partial charge in [0, 0.05) is 17.4 Å². The van der Waals surface area contributed by atoms with E-state index in [0.29, 0.717) is 33.1 Å². The van der Waals surface area contributed by atoms with Crippen LogP contribution >= 0.6 is 24.4 Å². The number of nitrogens with zero attached hydrogens (tertiary/aromatic N) is 2. The summed E-state index contributed by atoms with van der Waals surface area (Å²) in [5.41, 5.74) is 1.46. The number of nitrogens with one attached hydrogen (secondary N) is 1. The van der Waals surface area contributed by atoms with Crippen LogP contribution in [0.3, 0.4) is 0 Å². The fourth-order valence-electron chi connectivity index (χ4n) is 3.76. The smallest absolute Gasteiger partial charge is 0.270 e. The zero-order chi connectivity index (χ0) is 25.9. The van der Waals surface area contributed by atoms with Crippen molar-refractivity contribution < 1.29 is 18.7 Å². The maximum Gasteiger partial charge on any atom is 0.270 e. The molecule has 0 unspecified atom stereocenters. The largest absolute Gasteiger partial charge is 0.457 e. The third kappa shape index (κ3) is 5.09. The van der Waals surface area contributed by atoms with E-state index >= 15 is 0 Å². The van der Waals surface area contributed by atoms with E-state index in [4.69, 9.17) is 29.2 Å². The van der Waals surface area contributed by atoms with Crippen LogP contribution in [-0.4, -0.2) is 21.5 Å². The molecule has 1 N–H and O–H groups in total. The Morgan fingerprint density at radius 2 is 1.43 bits per heavy atom. The van der Waals surface area contributed by atoms with E-state index in [2.05, 4.69) is 5.32 Å². The topological polar surface area (TPSA) is 63.6 Å². The van der Waals surface area contributed by atoms with Crippen LogP contribution < -0.4 is 15.0 Å². The van der Waals surface area contributed by atoms with Crippen molar-refractivity contribution in [1.29, 1.82) is 0 Å². The van der Waals surface area contributed by atoms with E-state index in [9.17, 15) is 14.0 Å². The van der Waals surface area contributed by atoms with Crippen LogP contribution in [0.4, 0.5) is 10.1 Å². The number of amides is 2. The molecular weight excluding hydrogens is 509 g/mol. The number of pyridine rings is 1. The number of hydrogen-bond acceptors (Lipinski definition) is 5. The van der Waals surface area contributed by atoms with Gasteiger partial charge in [0.25, 0.3) is 11.8 Å². The Kier molecular flexibility index (Phi) is 6.72. The monoisotopic (exact) mass is 527 g/mol. The Bertz CT molecular complexity index is 1600. The van der Waals surface area contributed by atoms with Crippen molar-refractivity contribution in [3.8, 4) is 17.2 Å². The van der Waals surface area contributed by atoms with Crippen molar-refractivity contribution in [2.24, 2.45) is 0 Å². The molecule has 5 rings (SSSR count). The third-order valence-corrected chi connectivity index (χ3v) is 6.27. The zero-order valence-corrected chi connectivity index (χ0v) is 20.8. The normalized spacial score (nSPS) is 14.6. The van der Waals surface area contributed by atoms with Crippen LogP contribution in [0.25, 0.3) is 11.8 Å². The predicted octanol–water partition coefficient (Wildman–Crippen LogP) is 5.97. The molecule has 0 aliphatic carbocycles. The van der Waals surface area contributed by atoms with Gasteiger partial charge in [-0.1, -0.05) is 36.5 Å². The van der Waals surface area contributed by atoms with Gasteiger partial charge < -0.3 is 9.30 Å². The van der Waals surface area contributed by atoms with E-state index in [0.717, 1.165) is 0 Å². The minimum atomic E-state index is -0.623. The average molecular weight is 528 g/mol. The van der Waals surface area contributed by atoms with Crippen LogP contribution in [0.2, 0.25) is 0 Å². The Hall–Kier alpha value is -4.47. The molecule has 2 heterocycles. The summed E-state index contributed by atoms with van der Waals surface area (Å²) >= 11 is 10.9. The van der Waals surface area contributed by atoms with Crippen molar-refractivity contribution in [3.05, 3.63) is 119 Å². The first-order valence-electron chi connectivity index (χ1n) is 11.1. The summed E-state index contributed by atoms with van der Waals surface area (Å²) < 4.78 is 21.2. The molecule has 0 spiro atoms. The van der Waals surface area contributed by atoms with Gasteiger partial charge >= 0.3 is 0 Å². The van der Waals surface area contributed by atoms with E-state index in [1.54, 1.807) is 59.3 Å². The molecule has 3 aromatic carbocycles. The van der Waals surface area contributed by atoms with Crippen LogP contribution in [0.15, 0.2) is 103 Å². The second-order valence-electron chi connectivity index (χ2n) is 7.98. The highest BCUT2D eigenvalue weighted by Gasteiger charge is 2.34. The lowest BCUT2D eigenvalue weighted by Gasteiger charge is -2.29. The molecule has 1 aliphatic rings. The number of rotatable bonds is 5. The van der Waals surface area contributed by atoms with Gasteiger partial charge in [0.05, 0.1) is 5.69 Å². The molecule has 0 saturated carbocycles. The highest BCUT2D eigenvalue weighted by molar-refractivity contribution is 7.80. The molecule has 182 valence electrons. The van der Waals surface area contributed by atoms with Crippen molar-refractivity contribution in [2.45, 2.75) is 0 Å². The number of aromatic nitrogens is 1. The minimum absolute atomic E-state index is 0.0306. The SMILES string of the molecule is O=C1NC(=S)N(c2ccc(Oc3ccccc3)cc2)C(=O)C1=Cc1cccn(-c2ccc(F)cc2)c1=S. The minimum Gasteiger partial charge on any atom is -0.457 e. The van der Waals surface area contributed by atoms with E-state index < -0.39 is 11.8 Å². The lowest BCUT2D eigenvalue weighted by atomic mass is 10.1. The fourth-order valence-corrected chi connectivity index (χ4v) is 4.34. The van der Waals surface area contributed by atoms with E-state index in [-0.39, 0.29) is 16.5 Å². The molecule has 0 atom stereocenters. The summed E-state index contributed by atoms with van der Waals surface area (Å²) in [5, 5.41) is 2.54. The molecule has 1 saturated heterocycles. The van der Waals surface area contributed by atoms with Crippen LogP contribution in [0.5, 0.6) is 11.5 Å². The number of anilines is 1. The maximum atomic E-state index is 13.4. The lowest BCUT2D eigenvalue weighted by molar-refractivity contribution is -0.122. The first-order chi connectivity index (χ1) is 17.9. The molecule has 6 nitrogen and oxygen atoms in total. The van der Waals surface area contributed by atoms with Gasteiger partial charge in [-0.2, -0.15) is 0 Å². The number of hydrogen-bond donors (Lipinski definition) is 1. The Labute approximate surface area is 222 Å². The summed E-state index contributed by atoms with van der Waals surface area (Å²) in [7, 11) is 0. The van der Waals surface area contributed by atoms with Crippen LogP contribution in [0, 0.1) is 10.5 Å². The summed E-state index contributed by atoms with van der Waals surface area (Å²) in [6.07, 6.45) is 3.16. The van der Waals surface area contributed by atoms with Gasteiger partial charge in [0.2, 0.25) is 0 Å². The van der Waals surface area contributed by atoms with Gasteiger partial charge in [-0.25, -0.2) is 4.39 Å². The molecule has 1 aromatic heterocycles. The Balaban J connectivity index is 1.45. The number of benzene rings is 3. The number of carbonyl (C=O) groups excluding carboxylic acids is 2. The number of thiocarbonyl (C=S) groups is 1. The van der Waals surface area contributed by atoms with Crippen molar-refractivity contribution in [3.63, 3.8) is 0 Å². The van der Waals surface area contributed by atoms with Gasteiger partial charge in [0.15, 0.2) is 5.11 Å². The lowest BCUT2D eigenvalue weighted by Crippen LogP contribution is -2.54. The second-order valence-corrected chi connectivity index (χ2v) is 8.76. The van der Waals surface area contributed by atoms with Crippen LogP contribution in [-0.2, 0) is 9.59 Å². The standard InChI is InChI=1S/C28H18FN3O3S2/c29-19-8-10-20(11-9-19)31-16-4-5-18(27(31)36)17-24-25(33)30-28(37)32(26(24)34)21-12-14-23(15-13-21)35-22-6-2-1-3-7-22/h1-17H,(H,30,33,37). The molecule has 1 aliphatic heterocycles. The zero-order valence-electron chi connectivity index (χ0n) is 19.1. The van der Waals surface area contributed by atoms with Crippen molar-refractivity contribution in [2.75, 3.05) is 4.90 Å². The maximum absolute atomic E-state index is 13.4. The van der Waals surface area contributed by atoms with Gasteiger partial charge in [-0.05, 0) is 85.0 Å². The van der Waals surface area contributed by atoms with E-state index in [1.165, 1.54) is 23.1 Å². The third-order valence-electron chi connectivity index (χ3n) is 5.56. The Morgan fingerprint density at radius 1 is 0.784 bits per heavy atom. The van der Waals surface area contributed by atoms with Gasteiger partial charge in [-0.15, -0.1) is 0 Å². The quantitative estimate of drug-likeness (QED) is 0.197. The highest BCUT2D eigenvalue weighted by Crippen LogP contribution is 2.27. The van der Waals surface area contributed by atoms with Crippen LogP contribution in [0.1, 0.15) is 5.56 Å². The summed E-state index contributed by atoms with van der Waals surface area (Å²) in [6.45, 7) is 0. The summed E-state index contributed by atoms with van der Waals surface area (Å²) in [5.74, 6) is -0.319. The predicted molar refractivity (Wildman–Crippen MR) is 146 cm³/mol. The molecule has 2 amide bonds. The van der Waals surface area contributed by atoms with Crippen molar-refractivity contribution >= 4 is 53.1 Å². The molecule has 0 bridgehead atoms. The summed E-state index contributed by atoms with van der Waals surface area (Å²) in [6, 6.07) is 25.3. The number of para-hydroxylation sites is 1. The molecule has 1 fully saturated rings. The first-order valence-corrected chi connectivity index (χ1v) is 11.9. The van der Waals surface area contributed by atoms with Gasteiger partial charge in [0.1, 0.15) is 27.5 Å². The number of ether oxygens (including phenoxy) is 1.